The molecule has 1 amide bonds. The summed E-state index contributed by atoms with van der Waals surface area (Å²) in [4.78, 5) is 11.8. The molecule has 3 N–H and O–H groups in total. The lowest BCUT2D eigenvalue weighted by Gasteiger charge is -2.22. The van der Waals surface area contributed by atoms with Crippen LogP contribution in [0, 0.1) is 5.92 Å². The summed E-state index contributed by atoms with van der Waals surface area (Å²) < 4.78 is 0. The van der Waals surface area contributed by atoms with Gasteiger partial charge < -0.3 is 11.1 Å². The number of carbonyl (C=O) groups is 1. The van der Waals surface area contributed by atoms with Crippen LogP contribution < -0.4 is 11.1 Å². The molecule has 0 aromatic heterocycles. The molecule has 1 fully saturated rings. The van der Waals surface area contributed by atoms with E-state index in [-0.39, 0.29) is 18.3 Å². The highest BCUT2D eigenvalue weighted by Gasteiger charge is 2.45. The number of nitrogens with one attached hydrogen (secondary N) is 1. The Bertz CT molecular complexity index is 415. The predicted molar refractivity (Wildman–Crippen MR) is 80.4 cm³/mol. The number of hydrogen-bond acceptors (Lipinski definition) is 2. The molecular weight excluding hydrogens is 260 g/mol. The fourth-order valence-electron chi connectivity index (χ4n) is 2.18. The van der Waals surface area contributed by atoms with Crippen molar-refractivity contribution >= 4 is 18.3 Å². The molecule has 3 nitrogen and oxygen atoms in total. The highest BCUT2D eigenvalue weighted by Crippen LogP contribution is 2.32. The maximum absolute atomic E-state index is 11.8. The maximum atomic E-state index is 11.8. The molecule has 0 spiro atoms. The lowest BCUT2D eigenvalue weighted by Crippen LogP contribution is -2.44. The minimum Gasteiger partial charge on any atom is -0.354 e. The van der Waals surface area contributed by atoms with Gasteiger partial charge in [0.1, 0.15) is 0 Å². The van der Waals surface area contributed by atoms with Crippen molar-refractivity contribution in [2.24, 2.45) is 11.7 Å². The fourth-order valence-corrected chi connectivity index (χ4v) is 2.18. The van der Waals surface area contributed by atoms with Crippen LogP contribution in [0.15, 0.2) is 30.3 Å². The molecule has 1 unspecified atom stereocenters. The first-order chi connectivity index (χ1) is 8.53. The van der Waals surface area contributed by atoms with E-state index in [1.807, 2.05) is 18.2 Å². The van der Waals surface area contributed by atoms with Gasteiger partial charge in [-0.2, -0.15) is 0 Å². The molecule has 0 aliphatic heterocycles. The van der Waals surface area contributed by atoms with Crippen molar-refractivity contribution in [2.45, 2.75) is 38.1 Å². The number of nitrogens with two attached hydrogens (primary N) is 1. The van der Waals surface area contributed by atoms with Crippen molar-refractivity contribution in [3.8, 4) is 0 Å². The van der Waals surface area contributed by atoms with Gasteiger partial charge in [0.15, 0.2) is 0 Å². The van der Waals surface area contributed by atoms with Gasteiger partial charge in [0, 0.05) is 12.5 Å². The monoisotopic (exact) mass is 282 g/mol. The molecule has 1 aromatic carbocycles. The summed E-state index contributed by atoms with van der Waals surface area (Å²) in [6.45, 7) is 5.03. The van der Waals surface area contributed by atoms with E-state index in [1.54, 1.807) is 0 Å². The van der Waals surface area contributed by atoms with Gasteiger partial charge in [-0.1, -0.05) is 44.2 Å². The van der Waals surface area contributed by atoms with E-state index in [4.69, 9.17) is 5.73 Å². The molecule has 19 heavy (non-hydrogen) atoms. The summed E-state index contributed by atoms with van der Waals surface area (Å²) in [7, 11) is 0. The minimum absolute atomic E-state index is 0. The zero-order chi connectivity index (χ0) is 13.2. The van der Waals surface area contributed by atoms with Crippen molar-refractivity contribution in [3.05, 3.63) is 35.9 Å². The number of benzene rings is 1. The molecule has 1 saturated carbocycles. The standard InChI is InChI=1S/C15H22N2O.ClH/c1-11(2)13(12-6-4-3-5-7-12)10-17-14(18)15(16)8-9-15;/h3-7,11,13H,8-10,16H2,1-2H3,(H,17,18);1H. The van der Waals surface area contributed by atoms with Gasteiger partial charge in [-0.15, -0.1) is 12.4 Å². The van der Waals surface area contributed by atoms with Gasteiger partial charge in [-0.25, -0.2) is 0 Å². The van der Waals surface area contributed by atoms with E-state index in [1.165, 1.54) is 5.56 Å². The summed E-state index contributed by atoms with van der Waals surface area (Å²) in [6.07, 6.45) is 1.63. The largest absolute Gasteiger partial charge is 0.354 e. The van der Waals surface area contributed by atoms with Crippen LogP contribution in [0.1, 0.15) is 38.2 Å². The van der Waals surface area contributed by atoms with E-state index in [9.17, 15) is 4.79 Å². The average molecular weight is 283 g/mol. The average Bonchev–Trinajstić information content (AvgIpc) is 3.10. The summed E-state index contributed by atoms with van der Waals surface area (Å²) in [6, 6.07) is 10.3. The maximum Gasteiger partial charge on any atom is 0.240 e. The van der Waals surface area contributed by atoms with Gasteiger partial charge in [-0.3, -0.25) is 4.79 Å². The second kappa shape index (κ2) is 6.40. The highest BCUT2D eigenvalue weighted by atomic mass is 35.5. The minimum atomic E-state index is -0.571. The third-order valence-electron chi connectivity index (χ3n) is 3.76. The van der Waals surface area contributed by atoms with E-state index >= 15 is 0 Å². The summed E-state index contributed by atoms with van der Waals surface area (Å²) in [5, 5.41) is 3.00. The van der Waals surface area contributed by atoms with Crippen LogP contribution in [0.25, 0.3) is 0 Å². The van der Waals surface area contributed by atoms with Crippen LogP contribution in [0.2, 0.25) is 0 Å². The van der Waals surface area contributed by atoms with Gasteiger partial charge >= 0.3 is 0 Å². The molecule has 0 saturated heterocycles. The molecule has 1 aromatic rings. The Morgan fingerprint density at radius 3 is 2.37 bits per heavy atom. The molecule has 0 bridgehead atoms. The Morgan fingerprint density at radius 2 is 1.89 bits per heavy atom. The molecule has 0 heterocycles. The molecule has 4 heteroatoms. The topological polar surface area (TPSA) is 55.1 Å². The molecule has 106 valence electrons. The number of halogens is 1. The van der Waals surface area contributed by atoms with E-state index in [2.05, 4.69) is 31.3 Å². The van der Waals surface area contributed by atoms with Gasteiger partial charge in [0.25, 0.3) is 0 Å². The number of rotatable bonds is 5. The third-order valence-corrected chi connectivity index (χ3v) is 3.76. The smallest absolute Gasteiger partial charge is 0.240 e. The summed E-state index contributed by atoms with van der Waals surface area (Å²) in [5.41, 5.74) is 6.58. The molecule has 1 aliphatic carbocycles. The Hall–Kier alpha value is -1.06. The third kappa shape index (κ3) is 3.95. The molecule has 2 rings (SSSR count). The second-order valence-electron chi connectivity index (χ2n) is 5.63. The fraction of sp³-hybridized carbons (Fsp3) is 0.533. The van der Waals surface area contributed by atoms with Crippen LogP contribution in [0.4, 0.5) is 0 Å². The highest BCUT2D eigenvalue weighted by molar-refractivity contribution is 5.89. The molecule has 1 atom stereocenters. The predicted octanol–water partition coefficient (Wildman–Crippen LogP) is 2.46. The Morgan fingerprint density at radius 1 is 1.32 bits per heavy atom. The van der Waals surface area contributed by atoms with Crippen LogP contribution in [-0.4, -0.2) is 18.0 Å². The zero-order valence-corrected chi connectivity index (χ0v) is 12.4. The molecule has 0 radical (unpaired) electrons. The first-order valence-electron chi connectivity index (χ1n) is 6.65. The van der Waals surface area contributed by atoms with Crippen LogP contribution in [-0.2, 0) is 4.79 Å². The lowest BCUT2D eigenvalue weighted by molar-refractivity contribution is -0.123. The van der Waals surface area contributed by atoms with Crippen molar-refractivity contribution in [2.75, 3.05) is 6.54 Å². The van der Waals surface area contributed by atoms with Crippen LogP contribution >= 0.6 is 12.4 Å². The number of hydrogen-bond donors (Lipinski definition) is 2. The van der Waals surface area contributed by atoms with Crippen LogP contribution in [0.5, 0.6) is 0 Å². The van der Waals surface area contributed by atoms with Crippen LogP contribution in [0.3, 0.4) is 0 Å². The van der Waals surface area contributed by atoms with Crippen molar-refractivity contribution < 1.29 is 4.79 Å². The van der Waals surface area contributed by atoms with E-state index in [0.717, 1.165) is 12.8 Å². The van der Waals surface area contributed by atoms with Gasteiger partial charge in [0.05, 0.1) is 5.54 Å². The second-order valence-corrected chi connectivity index (χ2v) is 5.63. The first kappa shape index (κ1) is 16.0. The van der Waals surface area contributed by atoms with Crippen molar-refractivity contribution in [1.82, 2.24) is 5.32 Å². The Kier molecular flexibility index (Phi) is 5.39. The van der Waals surface area contributed by atoms with E-state index in [0.29, 0.717) is 18.4 Å². The lowest BCUT2D eigenvalue weighted by atomic mass is 9.88. The Labute approximate surface area is 121 Å². The summed E-state index contributed by atoms with van der Waals surface area (Å²) >= 11 is 0. The first-order valence-corrected chi connectivity index (χ1v) is 6.65. The normalized spacial score (nSPS) is 17.5. The molecule has 1 aliphatic rings. The quantitative estimate of drug-likeness (QED) is 0.872. The summed E-state index contributed by atoms with van der Waals surface area (Å²) in [5.74, 6) is 0.835. The number of carbonyl (C=O) groups excluding carboxylic acids is 1. The Balaban J connectivity index is 0.00000180. The molecular formula is C15H23ClN2O. The van der Waals surface area contributed by atoms with Gasteiger partial charge in [0.2, 0.25) is 5.91 Å². The SMILES string of the molecule is CC(C)C(CNC(=O)C1(N)CC1)c1ccccc1.Cl. The van der Waals surface area contributed by atoms with Crippen molar-refractivity contribution in [1.29, 1.82) is 0 Å². The van der Waals surface area contributed by atoms with Gasteiger partial charge in [-0.05, 0) is 24.3 Å². The van der Waals surface area contributed by atoms with Crippen molar-refractivity contribution in [3.63, 3.8) is 0 Å². The number of amides is 1. The zero-order valence-electron chi connectivity index (χ0n) is 11.6. The van der Waals surface area contributed by atoms with E-state index < -0.39 is 5.54 Å².